The van der Waals surface area contributed by atoms with E-state index in [1.54, 1.807) is 30.4 Å². The maximum Gasteiger partial charge on any atom is 0.243 e. The van der Waals surface area contributed by atoms with Crippen molar-refractivity contribution in [2.45, 2.75) is 57.5 Å². The molecular formula is C28H37N7O3. The summed E-state index contributed by atoms with van der Waals surface area (Å²) in [5.41, 5.74) is 10.6. The molecule has 3 amide bonds. The Morgan fingerprint density at radius 3 is 2.50 bits per heavy atom. The molecule has 0 bridgehead atoms. The molecule has 10 heteroatoms. The number of rotatable bonds is 11. The number of nitrogens with one attached hydrogen (secondary N) is 3. The average Bonchev–Trinajstić information content (AvgIpc) is 3.63. The van der Waals surface area contributed by atoms with Crippen molar-refractivity contribution in [1.82, 2.24) is 20.1 Å². The van der Waals surface area contributed by atoms with Crippen LogP contribution in [0.15, 0.2) is 47.8 Å². The van der Waals surface area contributed by atoms with Crippen LogP contribution in [0.3, 0.4) is 0 Å². The molecular weight excluding hydrogens is 482 g/mol. The second-order valence-electron chi connectivity index (χ2n) is 10.1. The van der Waals surface area contributed by atoms with Gasteiger partial charge in [0, 0.05) is 58.5 Å². The van der Waals surface area contributed by atoms with Crippen LogP contribution in [0, 0.1) is 11.4 Å². The molecule has 2 aliphatic heterocycles. The van der Waals surface area contributed by atoms with Gasteiger partial charge in [-0.1, -0.05) is 6.07 Å². The smallest absolute Gasteiger partial charge is 0.243 e. The first kappa shape index (κ1) is 27.2. The Hall–Kier alpha value is -3.82. The topological polar surface area (TPSA) is 131 Å². The summed E-state index contributed by atoms with van der Waals surface area (Å²) in [4.78, 5) is 46.6. The van der Waals surface area contributed by atoms with E-state index in [1.807, 2.05) is 29.2 Å². The molecule has 2 aliphatic rings. The van der Waals surface area contributed by atoms with Crippen LogP contribution in [-0.2, 0) is 27.3 Å². The molecule has 10 nitrogen and oxygen atoms in total. The number of nitrogens with zero attached hydrogens (tertiary/aromatic N) is 4. The summed E-state index contributed by atoms with van der Waals surface area (Å²) in [5.74, 6) is 0.00709. The summed E-state index contributed by atoms with van der Waals surface area (Å²) >= 11 is 0. The highest BCUT2D eigenvalue weighted by Crippen LogP contribution is 2.29. The zero-order valence-electron chi connectivity index (χ0n) is 22.0. The van der Waals surface area contributed by atoms with Gasteiger partial charge >= 0.3 is 0 Å². The van der Waals surface area contributed by atoms with Gasteiger partial charge in [0.1, 0.15) is 11.7 Å². The van der Waals surface area contributed by atoms with E-state index in [0.717, 1.165) is 49.2 Å². The number of carbonyl (C=O) groups is 3. The molecule has 202 valence electrons. The Kier molecular flexibility index (Phi) is 9.40. The average molecular weight is 520 g/mol. The van der Waals surface area contributed by atoms with Crippen LogP contribution in [-0.4, -0.2) is 65.2 Å². The summed E-state index contributed by atoms with van der Waals surface area (Å²) in [7, 11) is 1.77. The lowest BCUT2D eigenvalue weighted by molar-refractivity contribution is -0.139. The van der Waals surface area contributed by atoms with Crippen LogP contribution in [0.5, 0.6) is 0 Å². The lowest BCUT2D eigenvalue weighted by Gasteiger charge is -2.24. The number of hydrogen-bond acceptors (Lipinski definition) is 7. The normalized spacial score (nSPS) is 18.9. The van der Waals surface area contributed by atoms with E-state index in [-0.39, 0.29) is 36.6 Å². The van der Waals surface area contributed by atoms with Gasteiger partial charge in [-0.3, -0.25) is 19.4 Å². The molecule has 38 heavy (non-hydrogen) atoms. The van der Waals surface area contributed by atoms with E-state index >= 15 is 0 Å². The van der Waals surface area contributed by atoms with E-state index < -0.39 is 6.04 Å². The molecule has 1 aromatic carbocycles. The Bertz CT molecular complexity index is 1130. The van der Waals surface area contributed by atoms with E-state index in [9.17, 15) is 14.4 Å². The maximum atomic E-state index is 13.3. The van der Waals surface area contributed by atoms with Gasteiger partial charge in [-0.15, -0.1) is 0 Å². The van der Waals surface area contributed by atoms with Gasteiger partial charge in [0.2, 0.25) is 17.7 Å². The maximum absolute atomic E-state index is 13.3. The fourth-order valence-corrected chi connectivity index (χ4v) is 5.40. The first-order chi connectivity index (χ1) is 18.5. The van der Waals surface area contributed by atoms with Crippen molar-refractivity contribution in [2.75, 3.05) is 32.0 Å². The van der Waals surface area contributed by atoms with Crippen molar-refractivity contribution in [3.8, 4) is 0 Å². The van der Waals surface area contributed by atoms with Crippen molar-refractivity contribution < 1.29 is 14.4 Å². The predicted octanol–water partition coefficient (Wildman–Crippen LogP) is 3.65. The lowest BCUT2D eigenvalue weighted by Crippen LogP contribution is -2.45. The van der Waals surface area contributed by atoms with Crippen molar-refractivity contribution in [2.24, 2.45) is 11.0 Å². The molecule has 3 heterocycles. The Morgan fingerprint density at radius 2 is 1.79 bits per heavy atom. The fourth-order valence-electron chi connectivity index (χ4n) is 5.40. The molecule has 2 saturated heterocycles. The zero-order valence-corrected chi connectivity index (χ0v) is 22.0. The lowest BCUT2D eigenvalue weighted by atomic mass is 9.97. The number of pyridine rings is 1. The summed E-state index contributed by atoms with van der Waals surface area (Å²) in [6.07, 6.45) is 8.07. The van der Waals surface area contributed by atoms with Crippen LogP contribution >= 0.6 is 0 Å². The van der Waals surface area contributed by atoms with Crippen molar-refractivity contribution in [3.05, 3.63) is 53.9 Å². The van der Waals surface area contributed by atoms with Crippen molar-refractivity contribution in [1.29, 1.82) is 5.53 Å². The number of benzene rings is 1. The molecule has 2 fully saturated rings. The van der Waals surface area contributed by atoms with Crippen LogP contribution in [0.1, 0.15) is 49.7 Å². The quantitative estimate of drug-likeness (QED) is 0.390. The van der Waals surface area contributed by atoms with Crippen molar-refractivity contribution in [3.63, 3.8) is 0 Å². The van der Waals surface area contributed by atoms with Gasteiger partial charge in [0.05, 0.1) is 5.69 Å². The van der Waals surface area contributed by atoms with Gasteiger partial charge in [0.25, 0.3) is 0 Å². The van der Waals surface area contributed by atoms with E-state index in [2.05, 4.69) is 20.7 Å². The minimum atomic E-state index is -0.555. The SMILES string of the molecule is CNc1ccc(CNC(=O)[C@@H]2C[C@@H](Cc3ccncc3)CN2C(=O)CCCC(=O)N2CCCC2)cc1N=N. The number of carbonyl (C=O) groups excluding carboxylic acids is 3. The molecule has 2 aromatic rings. The van der Waals surface area contributed by atoms with Gasteiger partial charge < -0.3 is 20.4 Å². The van der Waals surface area contributed by atoms with E-state index in [4.69, 9.17) is 5.53 Å². The minimum absolute atomic E-state index is 0.0785. The highest BCUT2D eigenvalue weighted by molar-refractivity contribution is 5.88. The minimum Gasteiger partial charge on any atom is -0.386 e. The monoisotopic (exact) mass is 519 g/mol. The molecule has 3 N–H and O–H groups in total. The van der Waals surface area contributed by atoms with Crippen LogP contribution in [0.4, 0.5) is 11.4 Å². The van der Waals surface area contributed by atoms with E-state index in [0.29, 0.717) is 31.5 Å². The second kappa shape index (κ2) is 13.1. The Labute approximate surface area is 223 Å². The molecule has 1 aromatic heterocycles. The Morgan fingerprint density at radius 1 is 1.05 bits per heavy atom. The van der Waals surface area contributed by atoms with Crippen LogP contribution < -0.4 is 10.6 Å². The largest absolute Gasteiger partial charge is 0.386 e. The summed E-state index contributed by atoms with van der Waals surface area (Å²) in [6.45, 7) is 2.42. The highest BCUT2D eigenvalue weighted by atomic mass is 16.2. The molecule has 4 rings (SSSR count). The second-order valence-corrected chi connectivity index (χ2v) is 10.1. The van der Waals surface area contributed by atoms with Gasteiger partial charge in [0.15, 0.2) is 0 Å². The number of amides is 3. The highest BCUT2D eigenvalue weighted by Gasteiger charge is 2.39. The third kappa shape index (κ3) is 6.93. The van der Waals surface area contributed by atoms with Gasteiger partial charge in [-0.25, -0.2) is 5.53 Å². The number of hydrogen-bond donors (Lipinski definition) is 3. The van der Waals surface area contributed by atoms with Crippen LogP contribution in [0.25, 0.3) is 0 Å². The third-order valence-electron chi connectivity index (χ3n) is 7.44. The molecule has 2 atom stereocenters. The molecule has 0 aliphatic carbocycles. The third-order valence-corrected chi connectivity index (χ3v) is 7.44. The molecule has 0 saturated carbocycles. The zero-order chi connectivity index (χ0) is 26.9. The van der Waals surface area contributed by atoms with Crippen molar-refractivity contribution >= 4 is 29.1 Å². The summed E-state index contributed by atoms with van der Waals surface area (Å²) in [6, 6.07) is 8.85. The van der Waals surface area contributed by atoms with Gasteiger partial charge in [-0.2, -0.15) is 5.11 Å². The summed E-state index contributed by atoms with van der Waals surface area (Å²) < 4.78 is 0. The Balaban J connectivity index is 1.38. The van der Waals surface area contributed by atoms with Gasteiger partial charge in [-0.05, 0) is 73.4 Å². The number of likely N-dealkylation sites (tertiary alicyclic amines) is 2. The molecule has 0 radical (unpaired) electrons. The first-order valence-electron chi connectivity index (χ1n) is 13.4. The number of aromatic nitrogens is 1. The number of anilines is 1. The molecule has 0 unspecified atom stereocenters. The van der Waals surface area contributed by atoms with Crippen LogP contribution in [0.2, 0.25) is 0 Å². The predicted molar refractivity (Wildman–Crippen MR) is 144 cm³/mol. The standard InChI is InChI=1S/C28H37N7O3/c1-30-23-8-7-21(16-24(23)33-29)18-32-28(38)25-17-22(15-20-9-11-31-12-10-20)19-35(25)27(37)6-4-5-26(36)34-13-2-3-14-34/h7-12,16,22,25,29-30H,2-6,13-15,17-19H2,1H3,(H,32,38)/t22-,25+/m1/s1. The van der Waals surface area contributed by atoms with E-state index in [1.165, 1.54) is 0 Å². The first-order valence-corrected chi connectivity index (χ1v) is 13.4. The fraction of sp³-hybridized carbons (Fsp3) is 0.500. The molecule has 0 spiro atoms. The summed E-state index contributed by atoms with van der Waals surface area (Å²) in [5, 5.41) is 9.52.